The Morgan fingerprint density at radius 1 is 1.12 bits per heavy atom. The van der Waals surface area contributed by atoms with Gasteiger partial charge in [-0.25, -0.2) is 0 Å². The van der Waals surface area contributed by atoms with Gasteiger partial charge in [0.15, 0.2) is 0 Å². The molecule has 2 rings (SSSR count). The monoisotopic (exact) mass is 297 g/mol. The Balaban J connectivity index is 2.30. The Labute approximate surface area is 107 Å². The summed E-state index contributed by atoms with van der Waals surface area (Å²) in [6.07, 6.45) is 0. The number of nitrogen functional groups attached to an aromatic ring is 1. The first kappa shape index (κ1) is 11.3. The average molecular weight is 299 g/mol. The molecule has 2 N–H and O–H groups in total. The largest absolute Gasteiger partial charge is 0.456 e. The zero-order valence-electron chi connectivity index (χ0n) is 8.28. The number of anilines is 1. The highest BCUT2D eigenvalue weighted by atomic mass is 79.9. The van der Waals surface area contributed by atoms with Crippen LogP contribution < -0.4 is 10.5 Å². The molecule has 0 spiro atoms. The second-order valence-corrected chi connectivity index (χ2v) is 4.57. The van der Waals surface area contributed by atoms with Crippen LogP contribution in [0.5, 0.6) is 11.5 Å². The van der Waals surface area contributed by atoms with Crippen LogP contribution >= 0.6 is 27.5 Å². The zero-order valence-corrected chi connectivity index (χ0v) is 10.6. The van der Waals surface area contributed by atoms with Crippen LogP contribution in [0.2, 0.25) is 5.02 Å². The molecule has 0 heterocycles. The van der Waals surface area contributed by atoms with E-state index in [0.29, 0.717) is 22.2 Å². The molecule has 0 unspecified atom stereocenters. The normalized spacial score (nSPS) is 10.1. The summed E-state index contributed by atoms with van der Waals surface area (Å²) in [4.78, 5) is 0. The number of benzene rings is 2. The molecule has 0 aliphatic rings. The average Bonchev–Trinajstić information content (AvgIpc) is 2.24. The van der Waals surface area contributed by atoms with E-state index in [1.807, 2.05) is 24.3 Å². The van der Waals surface area contributed by atoms with Crippen LogP contribution in [0.4, 0.5) is 5.69 Å². The molecule has 0 saturated heterocycles. The summed E-state index contributed by atoms with van der Waals surface area (Å²) < 4.78 is 6.54. The molecule has 0 bridgehead atoms. The third kappa shape index (κ3) is 2.68. The van der Waals surface area contributed by atoms with Gasteiger partial charge in [-0.05, 0) is 30.3 Å². The smallest absolute Gasteiger partial charge is 0.147 e. The molecule has 0 radical (unpaired) electrons. The van der Waals surface area contributed by atoms with Crippen molar-refractivity contribution < 1.29 is 4.74 Å². The van der Waals surface area contributed by atoms with Gasteiger partial charge in [-0.1, -0.05) is 33.6 Å². The standard InChI is InChI=1S/C12H9BrClNO/c13-8-4-5-11(14)12(6-8)16-10-3-1-2-9(15)7-10/h1-7H,15H2. The van der Waals surface area contributed by atoms with E-state index in [2.05, 4.69) is 15.9 Å². The quantitative estimate of drug-likeness (QED) is 0.830. The van der Waals surface area contributed by atoms with Crippen LogP contribution in [0, 0.1) is 0 Å². The van der Waals surface area contributed by atoms with E-state index in [4.69, 9.17) is 22.1 Å². The third-order valence-corrected chi connectivity index (χ3v) is 2.78. The number of ether oxygens (including phenoxy) is 1. The molecule has 0 atom stereocenters. The van der Waals surface area contributed by atoms with Crippen molar-refractivity contribution in [2.45, 2.75) is 0 Å². The minimum Gasteiger partial charge on any atom is -0.456 e. The van der Waals surface area contributed by atoms with Gasteiger partial charge in [0.2, 0.25) is 0 Å². The van der Waals surface area contributed by atoms with Gasteiger partial charge < -0.3 is 10.5 Å². The molecule has 0 aliphatic heterocycles. The highest BCUT2D eigenvalue weighted by Crippen LogP contribution is 2.32. The van der Waals surface area contributed by atoms with Crippen molar-refractivity contribution in [3.05, 3.63) is 52.0 Å². The van der Waals surface area contributed by atoms with Crippen LogP contribution in [-0.2, 0) is 0 Å². The van der Waals surface area contributed by atoms with Crippen LogP contribution in [-0.4, -0.2) is 0 Å². The molecule has 0 saturated carbocycles. The first-order chi connectivity index (χ1) is 7.65. The first-order valence-electron chi connectivity index (χ1n) is 4.63. The summed E-state index contributed by atoms with van der Waals surface area (Å²) in [5.41, 5.74) is 6.31. The van der Waals surface area contributed by atoms with Crippen LogP contribution in [0.3, 0.4) is 0 Å². The van der Waals surface area contributed by atoms with Gasteiger partial charge in [0.1, 0.15) is 11.5 Å². The van der Waals surface area contributed by atoms with E-state index in [-0.39, 0.29) is 0 Å². The minimum atomic E-state index is 0.561. The predicted octanol–water partition coefficient (Wildman–Crippen LogP) is 4.48. The lowest BCUT2D eigenvalue weighted by Crippen LogP contribution is -1.88. The second kappa shape index (κ2) is 4.76. The number of halogens is 2. The molecule has 4 heteroatoms. The van der Waals surface area contributed by atoms with Crippen molar-refractivity contribution in [1.82, 2.24) is 0 Å². The molecule has 16 heavy (non-hydrogen) atoms. The van der Waals surface area contributed by atoms with Crippen LogP contribution in [0.15, 0.2) is 46.9 Å². The van der Waals surface area contributed by atoms with Crippen LogP contribution in [0.1, 0.15) is 0 Å². The fraction of sp³-hybridized carbons (Fsp3) is 0. The number of hydrogen-bond acceptors (Lipinski definition) is 2. The molecule has 0 aliphatic carbocycles. The maximum Gasteiger partial charge on any atom is 0.147 e. The van der Waals surface area contributed by atoms with Crippen molar-refractivity contribution in [3.8, 4) is 11.5 Å². The van der Waals surface area contributed by atoms with E-state index in [0.717, 1.165) is 4.47 Å². The van der Waals surface area contributed by atoms with Crippen molar-refractivity contribution in [2.24, 2.45) is 0 Å². The molecule has 2 aromatic rings. The van der Waals surface area contributed by atoms with Gasteiger partial charge in [0, 0.05) is 16.2 Å². The zero-order chi connectivity index (χ0) is 11.5. The SMILES string of the molecule is Nc1cccc(Oc2cc(Br)ccc2Cl)c1. The Hall–Kier alpha value is -1.19. The van der Waals surface area contributed by atoms with E-state index in [1.165, 1.54) is 0 Å². The summed E-state index contributed by atoms with van der Waals surface area (Å²) in [6.45, 7) is 0. The molecule has 0 amide bonds. The first-order valence-corrected chi connectivity index (χ1v) is 5.81. The molecule has 0 fully saturated rings. The lowest BCUT2D eigenvalue weighted by atomic mass is 10.3. The Morgan fingerprint density at radius 3 is 2.69 bits per heavy atom. The van der Waals surface area contributed by atoms with Crippen molar-refractivity contribution in [2.75, 3.05) is 5.73 Å². The summed E-state index contributed by atoms with van der Waals surface area (Å²) in [6, 6.07) is 12.6. The highest BCUT2D eigenvalue weighted by molar-refractivity contribution is 9.10. The summed E-state index contributed by atoms with van der Waals surface area (Å²) in [7, 11) is 0. The molecular weight excluding hydrogens is 289 g/mol. The van der Waals surface area contributed by atoms with E-state index in [9.17, 15) is 0 Å². The fourth-order valence-corrected chi connectivity index (χ4v) is 1.76. The summed E-state index contributed by atoms with van der Waals surface area (Å²) in [5, 5.41) is 0.561. The summed E-state index contributed by atoms with van der Waals surface area (Å²) >= 11 is 9.37. The lowest BCUT2D eigenvalue weighted by Gasteiger charge is -2.08. The van der Waals surface area contributed by atoms with Gasteiger partial charge in [-0.15, -0.1) is 0 Å². The number of nitrogens with two attached hydrogens (primary N) is 1. The van der Waals surface area contributed by atoms with Gasteiger partial charge in [0.05, 0.1) is 5.02 Å². The van der Waals surface area contributed by atoms with Gasteiger partial charge >= 0.3 is 0 Å². The van der Waals surface area contributed by atoms with Crippen LogP contribution in [0.25, 0.3) is 0 Å². The number of rotatable bonds is 2. The molecule has 0 aromatic heterocycles. The maximum absolute atomic E-state index is 6.01. The maximum atomic E-state index is 6.01. The van der Waals surface area contributed by atoms with E-state index >= 15 is 0 Å². The second-order valence-electron chi connectivity index (χ2n) is 3.25. The van der Waals surface area contributed by atoms with E-state index < -0.39 is 0 Å². The molecule has 2 nitrogen and oxygen atoms in total. The number of hydrogen-bond donors (Lipinski definition) is 1. The lowest BCUT2D eigenvalue weighted by molar-refractivity contribution is 0.483. The fourth-order valence-electron chi connectivity index (χ4n) is 1.26. The molecule has 82 valence electrons. The predicted molar refractivity (Wildman–Crippen MR) is 70.1 cm³/mol. The summed E-state index contributed by atoms with van der Waals surface area (Å²) in [5.74, 6) is 1.27. The Bertz CT molecular complexity index is 516. The van der Waals surface area contributed by atoms with E-state index in [1.54, 1.807) is 18.2 Å². The molecule has 2 aromatic carbocycles. The highest BCUT2D eigenvalue weighted by Gasteiger charge is 2.03. The minimum absolute atomic E-state index is 0.561. The van der Waals surface area contributed by atoms with Crippen molar-refractivity contribution in [3.63, 3.8) is 0 Å². The van der Waals surface area contributed by atoms with Crippen molar-refractivity contribution in [1.29, 1.82) is 0 Å². The third-order valence-electron chi connectivity index (χ3n) is 1.98. The Morgan fingerprint density at radius 2 is 1.94 bits per heavy atom. The van der Waals surface area contributed by atoms with Gasteiger partial charge in [-0.2, -0.15) is 0 Å². The van der Waals surface area contributed by atoms with Crippen molar-refractivity contribution >= 4 is 33.2 Å². The molecular formula is C12H9BrClNO. The topological polar surface area (TPSA) is 35.2 Å². The Kier molecular flexibility index (Phi) is 3.36. The van der Waals surface area contributed by atoms with Gasteiger partial charge in [-0.3, -0.25) is 0 Å². The van der Waals surface area contributed by atoms with Gasteiger partial charge in [0.25, 0.3) is 0 Å².